The van der Waals surface area contributed by atoms with Crippen LogP contribution in [0.25, 0.3) is 0 Å². The van der Waals surface area contributed by atoms with Gasteiger partial charge in [-0.25, -0.2) is 8.42 Å². The Labute approximate surface area is 195 Å². The summed E-state index contributed by atoms with van der Waals surface area (Å²) in [6.45, 7) is 4.77. The molecule has 2 aromatic rings. The van der Waals surface area contributed by atoms with E-state index in [1.54, 1.807) is 0 Å². The van der Waals surface area contributed by atoms with Gasteiger partial charge in [-0.05, 0) is 19.1 Å². The Balaban J connectivity index is 1.48. The number of sulfonamides is 1. The number of nitro groups is 2. The molecule has 1 aromatic heterocycles. The van der Waals surface area contributed by atoms with Crippen LogP contribution in [0.1, 0.15) is 5.56 Å². The molecular weight excluding hydrogens is 470 g/mol. The first-order chi connectivity index (χ1) is 16.2. The molecule has 0 unspecified atom stereocenters. The molecule has 3 heterocycles. The van der Waals surface area contributed by atoms with E-state index in [4.69, 9.17) is 4.74 Å². The zero-order valence-corrected chi connectivity index (χ0v) is 19.2. The van der Waals surface area contributed by atoms with Crippen molar-refractivity contribution in [1.82, 2.24) is 14.5 Å². The van der Waals surface area contributed by atoms with Gasteiger partial charge in [-0.2, -0.15) is 4.31 Å². The molecule has 2 saturated heterocycles. The number of piperazine rings is 1. The largest absolute Gasteiger partial charge is 0.378 e. The lowest BCUT2D eigenvalue weighted by Gasteiger charge is -2.34. The number of hydrogen-bond acceptors (Lipinski definition) is 11. The summed E-state index contributed by atoms with van der Waals surface area (Å²) in [4.78, 5) is 24.5. The third-order valence-electron chi connectivity index (χ3n) is 5.89. The zero-order valence-electron chi connectivity index (χ0n) is 18.4. The molecule has 0 aliphatic carbocycles. The lowest BCUT2D eigenvalue weighted by Crippen LogP contribution is -2.49. The van der Waals surface area contributed by atoms with Crippen LogP contribution in [0.5, 0.6) is 0 Å². The Morgan fingerprint density at radius 3 is 1.76 bits per heavy atom. The second-order valence-electron chi connectivity index (χ2n) is 7.84. The van der Waals surface area contributed by atoms with Gasteiger partial charge in [0.05, 0.1) is 28.0 Å². The fourth-order valence-corrected chi connectivity index (χ4v) is 5.40. The van der Waals surface area contributed by atoms with Crippen molar-refractivity contribution in [1.29, 1.82) is 0 Å². The van der Waals surface area contributed by atoms with Crippen molar-refractivity contribution in [3.63, 3.8) is 0 Å². The number of morpholine rings is 1. The number of nitro benzene ring substituents is 2. The van der Waals surface area contributed by atoms with Crippen LogP contribution in [0.4, 0.5) is 23.0 Å². The number of ether oxygens (including phenoxy) is 1. The Bertz CT molecular complexity index is 1160. The van der Waals surface area contributed by atoms with Crippen LogP contribution in [0.2, 0.25) is 0 Å². The molecule has 4 rings (SSSR count). The number of aromatic nitrogens is 2. The predicted octanol–water partition coefficient (Wildman–Crippen LogP) is 0.949. The first kappa shape index (κ1) is 23.7. The summed E-state index contributed by atoms with van der Waals surface area (Å²) in [5.74, 6) is 1.35. The van der Waals surface area contributed by atoms with Crippen molar-refractivity contribution in [2.24, 2.45) is 0 Å². The molecule has 14 nitrogen and oxygen atoms in total. The molecule has 0 spiro atoms. The van der Waals surface area contributed by atoms with Crippen molar-refractivity contribution in [2.45, 2.75) is 11.8 Å². The van der Waals surface area contributed by atoms with Crippen molar-refractivity contribution >= 4 is 33.0 Å². The highest BCUT2D eigenvalue weighted by Gasteiger charge is 2.33. The van der Waals surface area contributed by atoms with E-state index in [-0.39, 0.29) is 18.7 Å². The molecular formula is C19H23N7O7S. The van der Waals surface area contributed by atoms with Crippen molar-refractivity contribution in [3.8, 4) is 0 Å². The van der Waals surface area contributed by atoms with Crippen LogP contribution < -0.4 is 9.80 Å². The summed E-state index contributed by atoms with van der Waals surface area (Å²) < 4.78 is 32.8. The summed E-state index contributed by atoms with van der Waals surface area (Å²) in [6.07, 6.45) is 0. The standard InChI is InChI=1S/C19H23N7O7S/c1-14-16(25(27)28)12-15(13-17(14)26(29)30)34(31,32)24-6-4-22(5-7-24)18-2-3-19(21-20-18)23-8-10-33-11-9-23/h2-3,12-13H,4-11H2,1H3. The van der Waals surface area contributed by atoms with Gasteiger partial charge in [-0.1, -0.05) is 0 Å². The number of hydrogen-bond donors (Lipinski definition) is 0. The predicted molar refractivity (Wildman–Crippen MR) is 121 cm³/mol. The van der Waals surface area contributed by atoms with Gasteiger partial charge in [0.25, 0.3) is 11.4 Å². The SMILES string of the molecule is Cc1c([N+](=O)[O-])cc(S(=O)(=O)N2CCN(c3ccc(N4CCOCC4)nn3)CC2)cc1[N+](=O)[O-]. The lowest BCUT2D eigenvalue weighted by atomic mass is 10.1. The van der Waals surface area contributed by atoms with Gasteiger partial charge in [-0.15, -0.1) is 10.2 Å². The zero-order chi connectivity index (χ0) is 24.5. The van der Waals surface area contributed by atoms with Crippen molar-refractivity contribution in [3.05, 3.63) is 50.1 Å². The topological polar surface area (TPSA) is 165 Å². The quantitative estimate of drug-likeness (QED) is 0.415. The molecule has 34 heavy (non-hydrogen) atoms. The van der Waals surface area contributed by atoms with E-state index < -0.39 is 36.1 Å². The van der Waals surface area contributed by atoms with Crippen molar-refractivity contribution < 1.29 is 23.0 Å². The minimum atomic E-state index is -4.17. The van der Waals surface area contributed by atoms with Crippen LogP contribution >= 0.6 is 0 Å². The average Bonchev–Trinajstić information content (AvgIpc) is 2.84. The molecule has 0 saturated carbocycles. The first-order valence-electron chi connectivity index (χ1n) is 10.5. The van der Waals surface area contributed by atoms with E-state index in [0.717, 1.165) is 35.3 Å². The van der Waals surface area contributed by atoms with E-state index in [0.29, 0.717) is 32.1 Å². The van der Waals surface area contributed by atoms with Crippen LogP contribution in [0.3, 0.4) is 0 Å². The third kappa shape index (κ3) is 4.62. The molecule has 0 radical (unpaired) electrons. The minimum Gasteiger partial charge on any atom is -0.378 e. The molecule has 0 N–H and O–H groups in total. The third-order valence-corrected chi connectivity index (χ3v) is 7.77. The maximum atomic E-state index is 13.1. The maximum absolute atomic E-state index is 13.1. The highest BCUT2D eigenvalue weighted by atomic mass is 32.2. The van der Waals surface area contributed by atoms with Gasteiger partial charge in [0.2, 0.25) is 10.0 Å². The summed E-state index contributed by atoms with van der Waals surface area (Å²) in [7, 11) is -4.17. The van der Waals surface area contributed by atoms with Gasteiger partial charge in [-0.3, -0.25) is 20.2 Å². The molecule has 2 aliphatic rings. The Hall–Kier alpha value is -3.43. The van der Waals surface area contributed by atoms with E-state index in [1.165, 1.54) is 6.92 Å². The van der Waals surface area contributed by atoms with Crippen LogP contribution in [0, 0.1) is 27.2 Å². The fourth-order valence-electron chi connectivity index (χ4n) is 3.94. The van der Waals surface area contributed by atoms with E-state index in [2.05, 4.69) is 15.1 Å². The van der Waals surface area contributed by atoms with E-state index in [9.17, 15) is 28.6 Å². The highest BCUT2D eigenvalue weighted by molar-refractivity contribution is 7.89. The van der Waals surface area contributed by atoms with Gasteiger partial charge >= 0.3 is 0 Å². The average molecular weight is 494 g/mol. The Morgan fingerprint density at radius 1 is 0.853 bits per heavy atom. The molecule has 2 aliphatic heterocycles. The molecule has 15 heteroatoms. The van der Waals surface area contributed by atoms with E-state index >= 15 is 0 Å². The smallest absolute Gasteiger partial charge is 0.280 e. The van der Waals surface area contributed by atoms with Gasteiger partial charge in [0.1, 0.15) is 5.56 Å². The molecule has 0 atom stereocenters. The van der Waals surface area contributed by atoms with E-state index in [1.807, 2.05) is 17.0 Å². The number of nitrogens with zero attached hydrogens (tertiary/aromatic N) is 7. The second-order valence-corrected chi connectivity index (χ2v) is 9.78. The van der Waals surface area contributed by atoms with Gasteiger partial charge in [0, 0.05) is 51.4 Å². The monoisotopic (exact) mass is 493 g/mol. The molecule has 1 aromatic carbocycles. The highest BCUT2D eigenvalue weighted by Crippen LogP contribution is 2.33. The van der Waals surface area contributed by atoms with Crippen molar-refractivity contribution in [2.75, 3.05) is 62.3 Å². The Kier molecular flexibility index (Phi) is 6.58. The minimum absolute atomic E-state index is 0.0880. The molecule has 182 valence electrons. The number of rotatable bonds is 6. The lowest BCUT2D eigenvalue weighted by molar-refractivity contribution is -0.395. The molecule has 2 fully saturated rings. The second kappa shape index (κ2) is 9.44. The van der Waals surface area contributed by atoms with Crippen LogP contribution in [0.15, 0.2) is 29.2 Å². The van der Waals surface area contributed by atoms with Gasteiger partial charge in [0.15, 0.2) is 11.6 Å². The van der Waals surface area contributed by atoms with Crippen LogP contribution in [-0.4, -0.2) is 85.2 Å². The fraction of sp³-hybridized carbons (Fsp3) is 0.474. The van der Waals surface area contributed by atoms with Crippen LogP contribution in [-0.2, 0) is 14.8 Å². The summed E-state index contributed by atoms with van der Waals surface area (Å²) in [5, 5.41) is 31.2. The summed E-state index contributed by atoms with van der Waals surface area (Å²) in [6, 6.07) is 5.44. The molecule has 0 amide bonds. The Morgan fingerprint density at radius 2 is 1.32 bits per heavy atom. The summed E-state index contributed by atoms with van der Waals surface area (Å²) >= 11 is 0. The summed E-state index contributed by atoms with van der Waals surface area (Å²) in [5.41, 5.74) is -1.41. The maximum Gasteiger partial charge on any atom is 0.280 e. The van der Waals surface area contributed by atoms with Gasteiger partial charge < -0.3 is 14.5 Å². The molecule has 0 bridgehead atoms. The number of anilines is 2. The normalized spacial score (nSPS) is 17.6. The first-order valence-corrected chi connectivity index (χ1v) is 12.0. The number of benzene rings is 1.